The lowest BCUT2D eigenvalue weighted by Gasteiger charge is -2.00. The Balaban J connectivity index is 2.05. The van der Waals surface area contributed by atoms with E-state index in [-0.39, 0.29) is 12.4 Å². The number of hydroxylamine groups is 1. The lowest BCUT2D eigenvalue weighted by Crippen LogP contribution is -2.35. The molecule has 0 aliphatic heterocycles. The van der Waals surface area contributed by atoms with Crippen LogP contribution in [0, 0.1) is 0 Å². The number of hydrogen-bond acceptors (Lipinski definition) is 5. The molecule has 0 spiro atoms. The molecule has 0 aliphatic carbocycles. The molecule has 0 unspecified atom stereocenters. The Kier molecular flexibility index (Phi) is 3.89. The molecule has 3 N–H and O–H groups in total. The maximum absolute atomic E-state index is 11.6. The summed E-state index contributed by atoms with van der Waals surface area (Å²) in [6.45, 7) is -0.363. The summed E-state index contributed by atoms with van der Waals surface area (Å²) in [6.07, 6.45) is 1.43. The maximum Gasteiger partial charge on any atom is 0.307 e. The van der Waals surface area contributed by atoms with Crippen LogP contribution in [0.3, 0.4) is 0 Å². The molecule has 0 radical (unpaired) electrons. The SMILES string of the molecule is O=C(CNC(=O)c1ncc(-c2ccccc2)o1)NO. The van der Waals surface area contributed by atoms with Gasteiger partial charge in [0.2, 0.25) is 0 Å². The minimum Gasteiger partial charge on any atom is -0.432 e. The normalized spacial score (nSPS) is 9.95. The van der Waals surface area contributed by atoms with E-state index in [1.54, 1.807) is 0 Å². The van der Waals surface area contributed by atoms with E-state index in [9.17, 15) is 9.59 Å². The van der Waals surface area contributed by atoms with Crippen LogP contribution in [0.5, 0.6) is 0 Å². The molecular weight excluding hydrogens is 250 g/mol. The van der Waals surface area contributed by atoms with Crippen LogP contribution in [0.15, 0.2) is 40.9 Å². The first-order chi connectivity index (χ1) is 9.20. The fraction of sp³-hybridized carbons (Fsp3) is 0.0833. The number of amides is 2. The third-order valence-electron chi connectivity index (χ3n) is 2.29. The Morgan fingerprint density at radius 2 is 2.00 bits per heavy atom. The van der Waals surface area contributed by atoms with Crippen LogP contribution in [0.4, 0.5) is 0 Å². The van der Waals surface area contributed by atoms with E-state index in [4.69, 9.17) is 9.62 Å². The van der Waals surface area contributed by atoms with Gasteiger partial charge in [-0.15, -0.1) is 0 Å². The van der Waals surface area contributed by atoms with Crippen molar-refractivity contribution in [3.63, 3.8) is 0 Å². The summed E-state index contributed by atoms with van der Waals surface area (Å²) in [6, 6.07) is 9.18. The standard InChI is InChI=1S/C12H11N3O4/c16-10(15-18)7-13-11(17)12-14-6-9(19-12)8-4-2-1-3-5-8/h1-6,18H,7H2,(H,13,17)(H,15,16). The number of nitrogens with one attached hydrogen (secondary N) is 2. The Labute approximate surface area is 108 Å². The van der Waals surface area contributed by atoms with E-state index >= 15 is 0 Å². The van der Waals surface area contributed by atoms with Crippen molar-refractivity contribution in [1.82, 2.24) is 15.8 Å². The Morgan fingerprint density at radius 3 is 2.68 bits per heavy atom. The average Bonchev–Trinajstić information content (AvgIpc) is 2.95. The van der Waals surface area contributed by atoms with Crippen molar-refractivity contribution in [3.05, 3.63) is 42.4 Å². The average molecular weight is 261 g/mol. The van der Waals surface area contributed by atoms with Crippen molar-refractivity contribution in [2.45, 2.75) is 0 Å². The van der Waals surface area contributed by atoms with Gasteiger partial charge in [-0.3, -0.25) is 14.8 Å². The van der Waals surface area contributed by atoms with E-state index in [1.807, 2.05) is 30.3 Å². The minimum absolute atomic E-state index is 0.149. The number of carbonyl (C=O) groups excluding carboxylic acids is 2. The fourth-order valence-corrected chi connectivity index (χ4v) is 1.39. The molecule has 7 nitrogen and oxygen atoms in total. The molecule has 0 fully saturated rings. The highest BCUT2D eigenvalue weighted by molar-refractivity contribution is 5.92. The first-order valence-corrected chi connectivity index (χ1v) is 5.43. The predicted octanol–water partition coefficient (Wildman–Crippen LogP) is 0.577. The summed E-state index contributed by atoms with van der Waals surface area (Å²) in [5.41, 5.74) is 2.19. The van der Waals surface area contributed by atoms with Crippen molar-refractivity contribution in [1.29, 1.82) is 0 Å². The van der Waals surface area contributed by atoms with Crippen LogP contribution < -0.4 is 10.8 Å². The van der Waals surface area contributed by atoms with Crippen LogP contribution in [0.25, 0.3) is 11.3 Å². The Hall–Kier alpha value is -2.67. The van der Waals surface area contributed by atoms with Gasteiger partial charge in [-0.05, 0) is 0 Å². The Morgan fingerprint density at radius 1 is 1.26 bits per heavy atom. The lowest BCUT2D eigenvalue weighted by atomic mass is 10.2. The van der Waals surface area contributed by atoms with E-state index in [2.05, 4.69) is 10.3 Å². The highest BCUT2D eigenvalue weighted by Gasteiger charge is 2.14. The van der Waals surface area contributed by atoms with E-state index in [0.29, 0.717) is 5.76 Å². The molecule has 0 saturated carbocycles. The van der Waals surface area contributed by atoms with Gasteiger partial charge < -0.3 is 9.73 Å². The van der Waals surface area contributed by atoms with E-state index < -0.39 is 11.8 Å². The number of carbonyl (C=O) groups is 2. The summed E-state index contributed by atoms with van der Waals surface area (Å²) < 4.78 is 5.28. The molecule has 1 aromatic heterocycles. The lowest BCUT2D eigenvalue weighted by molar-refractivity contribution is -0.128. The van der Waals surface area contributed by atoms with E-state index in [1.165, 1.54) is 11.7 Å². The van der Waals surface area contributed by atoms with Gasteiger partial charge in [0, 0.05) is 5.56 Å². The van der Waals surface area contributed by atoms with Gasteiger partial charge in [-0.1, -0.05) is 30.3 Å². The number of rotatable bonds is 4. The molecule has 2 amide bonds. The summed E-state index contributed by atoms with van der Waals surface area (Å²) in [5, 5.41) is 10.5. The molecule has 7 heteroatoms. The number of oxazole rings is 1. The smallest absolute Gasteiger partial charge is 0.307 e. The molecule has 1 heterocycles. The molecule has 0 saturated heterocycles. The van der Waals surface area contributed by atoms with E-state index in [0.717, 1.165) is 5.56 Å². The van der Waals surface area contributed by atoms with Crippen LogP contribution in [-0.2, 0) is 4.79 Å². The van der Waals surface area contributed by atoms with Crippen molar-refractivity contribution >= 4 is 11.8 Å². The molecule has 0 bridgehead atoms. The van der Waals surface area contributed by atoms with Crippen LogP contribution >= 0.6 is 0 Å². The largest absolute Gasteiger partial charge is 0.432 e. The second kappa shape index (κ2) is 5.78. The summed E-state index contributed by atoms with van der Waals surface area (Å²) >= 11 is 0. The van der Waals surface area contributed by atoms with Crippen molar-refractivity contribution in [2.75, 3.05) is 6.54 Å². The molecule has 2 rings (SSSR count). The highest BCUT2D eigenvalue weighted by atomic mass is 16.5. The van der Waals surface area contributed by atoms with Crippen molar-refractivity contribution in [2.24, 2.45) is 0 Å². The maximum atomic E-state index is 11.6. The third kappa shape index (κ3) is 3.17. The highest BCUT2D eigenvalue weighted by Crippen LogP contribution is 2.19. The van der Waals surface area contributed by atoms with Gasteiger partial charge in [0.1, 0.15) is 0 Å². The summed E-state index contributed by atoms with van der Waals surface area (Å²) in [7, 11) is 0. The Bertz CT molecular complexity index is 580. The molecule has 98 valence electrons. The van der Waals surface area contributed by atoms with Gasteiger partial charge in [0.05, 0.1) is 12.7 Å². The first-order valence-electron chi connectivity index (χ1n) is 5.43. The third-order valence-corrected chi connectivity index (χ3v) is 2.29. The predicted molar refractivity (Wildman–Crippen MR) is 64.2 cm³/mol. The van der Waals surface area contributed by atoms with Crippen molar-refractivity contribution in [3.8, 4) is 11.3 Å². The number of aromatic nitrogens is 1. The second-order valence-electron chi connectivity index (χ2n) is 3.61. The zero-order chi connectivity index (χ0) is 13.7. The summed E-state index contributed by atoms with van der Waals surface area (Å²) in [5.74, 6) is -1.06. The number of hydrogen-bond donors (Lipinski definition) is 3. The minimum atomic E-state index is -0.733. The zero-order valence-corrected chi connectivity index (χ0v) is 9.79. The van der Waals surface area contributed by atoms with Gasteiger partial charge in [-0.2, -0.15) is 0 Å². The van der Waals surface area contributed by atoms with Crippen LogP contribution in [0.1, 0.15) is 10.7 Å². The first kappa shape index (κ1) is 12.8. The van der Waals surface area contributed by atoms with Crippen LogP contribution in [0.2, 0.25) is 0 Å². The topological polar surface area (TPSA) is 104 Å². The monoisotopic (exact) mass is 261 g/mol. The van der Waals surface area contributed by atoms with Crippen LogP contribution in [-0.4, -0.2) is 28.6 Å². The summed E-state index contributed by atoms with van der Waals surface area (Å²) in [4.78, 5) is 26.2. The molecule has 2 aromatic rings. The van der Waals surface area contributed by atoms with Gasteiger partial charge in [0.25, 0.3) is 11.8 Å². The van der Waals surface area contributed by atoms with Gasteiger partial charge in [-0.25, -0.2) is 10.5 Å². The molecule has 0 atom stereocenters. The molecular formula is C12H11N3O4. The number of nitrogens with zero attached hydrogens (tertiary/aromatic N) is 1. The molecule has 0 aliphatic rings. The molecule has 1 aromatic carbocycles. The number of benzene rings is 1. The second-order valence-corrected chi connectivity index (χ2v) is 3.61. The molecule has 19 heavy (non-hydrogen) atoms. The van der Waals surface area contributed by atoms with Crippen molar-refractivity contribution < 1.29 is 19.2 Å². The van der Waals surface area contributed by atoms with Gasteiger partial charge >= 0.3 is 5.91 Å². The fourth-order valence-electron chi connectivity index (χ4n) is 1.39. The zero-order valence-electron chi connectivity index (χ0n) is 9.79. The quantitative estimate of drug-likeness (QED) is 0.551. The van der Waals surface area contributed by atoms with Gasteiger partial charge in [0.15, 0.2) is 5.76 Å².